The average Bonchev–Trinajstić information content (AvgIpc) is 2.75. The Bertz CT molecular complexity index is 533. The number of benzene rings is 1. The highest BCUT2D eigenvalue weighted by Crippen LogP contribution is 2.20. The molecule has 0 aliphatic carbocycles. The van der Waals surface area contributed by atoms with Gasteiger partial charge in [0.05, 0.1) is 17.9 Å². The normalized spacial score (nSPS) is 10.9. The Morgan fingerprint density at radius 2 is 2.22 bits per heavy atom. The predicted molar refractivity (Wildman–Crippen MR) is 67.8 cm³/mol. The van der Waals surface area contributed by atoms with E-state index in [1.54, 1.807) is 16.8 Å². The topological polar surface area (TPSA) is 56.7 Å². The Morgan fingerprint density at radius 1 is 1.44 bits per heavy atom. The van der Waals surface area contributed by atoms with Gasteiger partial charge < -0.3 is 5.73 Å². The maximum Gasteiger partial charge on any atom is 0.129 e. The van der Waals surface area contributed by atoms with E-state index in [9.17, 15) is 4.39 Å². The number of hydrogen-bond donors (Lipinski definition) is 1. The molecule has 0 fully saturated rings. The van der Waals surface area contributed by atoms with Crippen molar-refractivity contribution >= 4 is 11.6 Å². The minimum atomic E-state index is -0.339. The highest BCUT2D eigenvalue weighted by atomic mass is 35.5. The molecule has 0 radical (unpaired) electrons. The van der Waals surface area contributed by atoms with E-state index in [4.69, 9.17) is 17.3 Å². The van der Waals surface area contributed by atoms with Crippen molar-refractivity contribution in [3.8, 4) is 0 Å². The van der Waals surface area contributed by atoms with Crippen molar-refractivity contribution < 1.29 is 4.39 Å². The second-order valence-electron chi connectivity index (χ2n) is 3.90. The van der Waals surface area contributed by atoms with Gasteiger partial charge in [0.15, 0.2) is 0 Å². The molecular weight excluding hydrogens is 255 g/mol. The van der Waals surface area contributed by atoms with Crippen molar-refractivity contribution in [3.63, 3.8) is 0 Å². The minimum Gasteiger partial charge on any atom is -0.325 e. The van der Waals surface area contributed by atoms with Crippen molar-refractivity contribution in [3.05, 3.63) is 46.0 Å². The summed E-state index contributed by atoms with van der Waals surface area (Å²) in [7, 11) is 0. The first-order valence-electron chi connectivity index (χ1n) is 5.71. The summed E-state index contributed by atoms with van der Waals surface area (Å²) in [6.07, 6.45) is 0.742. The van der Waals surface area contributed by atoms with E-state index < -0.39 is 0 Å². The second kappa shape index (κ2) is 5.46. The van der Waals surface area contributed by atoms with Gasteiger partial charge in [-0.2, -0.15) is 0 Å². The van der Waals surface area contributed by atoms with Crippen LogP contribution in [-0.2, 0) is 19.5 Å². The Balaban J connectivity index is 2.37. The van der Waals surface area contributed by atoms with Crippen LogP contribution in [0.2, 0.25) is 5.02 Å². The Kier molecular flexibility index (Phi) is 3.93. The first kappa shape index (κ1) is 13.0. The zero-order valence-corrected chi connectivity index (χ0v) is 10.8. The molecule has 0 aliphatic rings. The zero-order valence-electron chi connectivity index (χ0n) is 10.0. The first-order valence-corrected chi connectivity index (χ1v) is 6.09. The summed E-state index contributed by atoms with van der Waals surface area (Å²) in [6, 6.07) is 4.62. The van der Waals surface area contributed by atoms with Gasteiger partial charge in [-0.05, 0) is 18.6 Å². The summed E-state index contributed by atoms with van der Waals surface area (Å²) < 4.78 is 15.3. The number of halogens is 2. The van der Waals surface area contributed by atoms with E-state index in [0.717, 1.165) is 17.8 Å². The molecule has 2 rings (SSSR count). The quantitative estimate of drug-likeness (QED) is 0.924. The molecular formula is C12H14ClFN4. The molecule has 1 aromatic carbocycles. The van der Waals surface area contributed by atoms with Crippen molar-refractivity contribution in [1.82, 2.24) is 15.0 Å². The van der Waals surface area contributed by atoms with E-state index in [1.807, 2.05) is 6.92 Å². The Labute approximate surface area is 110 Å². The molecule has 0 saturated heterocycles. The van der Waals surface area contributed by atoms with Crippen molar-refractivity contribution in [1.29, 1.82) is 0 Å². The van der Waals surface area contributed by atoms with E-state index in [-0.39, 0.29) is 12.4 Å². The molecule has 1 heterocycles. The van der Waals surface area contributed by atoms with Gasteiger partial charge in [-0.3, -0.25) is 0 Å². The van der Waals surface area contributed by atoms with Crippen LogP contribution < -0.4 is 5.73 Å². The molecule has 2 aromatic rings. The van der Waals surface area contributed by atoms with Crippen molar-refractivity contribution in [2.75, 3.05) is 0 Å². The largest absolute Gasteiger partial charge is 0.325 e. The summed E-state index contributed by atoms with van der Waals surface area (Å²) in [5.41, 5.74) is 7.65. The summed E-state index contributed by atoms with van der Waals surface area (Å²) in [5, 5.41) is 8.37. The highest BCUT2D eigenvalue weighted by molar-refractivity contribution is 6.31. The van der Waals surface area contributed by atoms with Gasteiger partial charge >= 0.3 is 0 Å². The van der Waals surface area contributed by atoms with Crippen LogP contribution in [-0.4, -0.2) is 15.0 Å². The fourth-order valence-corrected chi connectivity index (χ4v) is 2.10. The van der Waals surface area contributed by atoms with E-state index in [0.29, 0.717) is 17.1 Å². The molecule has 1 aromatic heterocycles. The number of aromatic nitrogens is 3. The average molecular weight is 269 g/mol. The van der Waals surface area contributed by atoms with Crippen LogP contribution in [0.1, 0.15) is 23.9 Å². The third-order valence-electron chi connectivity index (χ3n) is 2.82. The third kappa shape index (κ3) is 2.37. The smallest absolute Gasteiger partial charge is 0.129 e. The van der Waals surface area contributed by atoms with Crippen LogP contribution in [0.15, 0.2) is 18.2 Å². The summed E-state index contributed by atoms with van der Waals surface area (Å²) in [6.45, 7) is 2.58. The molecule has 0 spiro atoms. The van der Waals surface area contributed by atoms with E-state index >= 15 is 0 Å². The number of nitrogens with two attached hydrogens (primary N) is 1. The molecule has 0 bridgehead atoms. The lowest BCUT2D eigenvalue weighted by Gasteiger charge is -2.08. The summed E-state index contributed by atoms with van der Waals surface area (Å²) >= 11 is 5.99. The summed E-state index contributed by atoms with van der Waals surface area (Å²) in [4.78, 5) is 0. The molecule has 4 nitrogen and oxygen atoms in total. The van der Waals surface area contributed by atoms with Gasteiger partial charge in [-0.25, -0.2) is 9.07 Å². The third-order valence-corrected chi connectivity index (χ3v) is 3.17. The monoisotopic (exact) mass is 268 g/mol. The second-order valence-corrected chi connectivity index (χ2v) is 4.31. The molecule has 0 amide bonds. The van der Waals surface area contributed by atoms with E-state index in [1.165, 1.54) is 6.07 Å². The van der Waals surface area contributed by atoms with Crippen molar-refractivity contribution in [2.45, 2.75) is 26.4 Å². The maximum absolute atomic E-state index is 13.7. The molecule has 0 aliphatic heterocycles. The van der Waals surface area contributed by atoms with Gasteiger partial charge in [0.2, 0.25) is 0 Å². The van der Waals surface area contributed by atoms with Crippen LogP contribution in [0.3, 0.4) is 0 Å². The lowest BCUT2D eigenvalue weighted by Crippen LogP contribution is -2.09. The standard InChI is InChI=1S/C12H14ClFN4/c1-2-12-11(6-15)16-17-18(12)7-8-9(13)4-3-5-10(8)14/h3-5H,2,6-7,15H2,1H3. The highest BCUT2D eigenvalue weighted by Gasteiger charge is 2.13. The Hall–Kier alpha value is -1.46. The molecule has 18 heavy (non-hydrogen) atoms. The minimum absolute atomic E-state index is 0.266. The molecule has 6 heteroatoms. The first-order chi connectivity index (χ1) is 8.67. The number of rotatable bonds is 4. The zero-order chi connectivity index (χ0) is 13.1. The van der Waals surface area contributed by atoms with Crippen LogP contribution in [0.4, 0.5) is 4.39 Å². The number of hydrogen-bond acceptors (Lipinski definition) is 3. The van der Waals surface area contributed by atoms with Crippen LogP contribution in [0, 0.1) is 5.82 Å². The Morgan fingerprint density at radius 3 is 2.83 bits per heavy atom. The fourth-order valence-electron chi connectivity index (χ4n) is 1.87. The summed E-state index contributed by atoms with van der Waals surface area (Å²) in [5.74, 6) is -0.339. The van der Waals surface area contributed by atoms with Gasteiger partial charge in [0, 0.05) is 17.1 Å². The van der Waals surface area contributed by atoms with Gasteiger partial charge in [-0.15, -0.1) is 5.10 Å². The molecule has 0 atom stereocenters. The van der Waals surface area contributed by atoms with Gasteiger partial charge in [0.1, 0.15) is 5.82 Å². The molecule has 96 valence electrons. The van der Waals surface area contributed by atoms with Crippen LogP contribution in [0.5, 0.6) is 0 Å². The lowest BCUT2D eigenvalue weighted by atomic mass is 10.2. The maximum atomic E-state index is 13.7. The number of nitrogens with zero attached hydrogens (tertiary/aromatic N) is 3. The molecule has 0 unspecified atom stereocenters. The van der Waals surface area contributed by atoms with Gasteiger partial charge in [-0.1, -0.05) is 29.8 Å². The van der Waals surface area contributed by atoms with E-state index in [2.05, 4.69) is 10.3 Å². The lowest BCUT2D eigenvalue weighted by molar-refractivity contribution is 0.567. The van der Waals surface area contributed by atoms with Crippen molar-refractivity contribution in [2.24, 2.45) is 5.73 Å². The SMILES string of the molecule is CCc1c(CN)nnn1Cc1c(F)cccc1Cl. The van der Waals surface area contributed by atoms with Crippen LogP contribution in [0.25, 0.3) is 0 Å². The molecule has 0 saturated carbocycles. The van der Waals surface area contributed by atoms with Crippen LogP contribution >= 0.6 is 11.6 Å². The predicted octanol–water partition coefficient (Wildman–Crippen LogP) is 2.14. The molecule has 2 N–H and O–H groups in total. The van der Waals surface area contributed by atoms with Gasteiger partial charge in [0.25, 0.3) is 0 Å². The fraction of sp³-hybridized carbons (Fsp3) is 0.333.